The Hall–Kier alpha value is -2.08. The van der Waals surface area contributed by atoms with Gasteiger partial charge in [-0.15, -0.1) is 0 Å². The molecule has 6 heteroatoms. The highest BCUT2D eigenvalue weighted by molar-refractivity contribution is 6.07. The summed E-state index contributed by atoms with van der Waals surface area (Å²) in [5, 5.41) is 3.03. The molecule has 3 heterocycles. The summed E-state index contributed by atoms with van der Waals surface area (Å²) in [5.41, 5.74) is 2.56. The molecule has 2 saturated heterocycles. The molecule has 1 atom stereocenters. The van der Waals surface area contributed by atoms with E-state index in [0.717, 1.165) is 50.1 Å². The molecular formula is C21H30N4O2. The molecule has 0 spiro atoms. The average Bonchev–Trinajstić information content (AvgIpc) is 3.22. The highest BCUT2D eigenvalue weighted by atomic mass is 16.2. The Labute approximate surface area is 161 Å². The van der Waals surface area contributed by atoms with Crippen molar-refractivity contribution in [2.24, 2.45) is 0 Å². The van der Waals surface area contributed by atoms with E-state index in [1.54, 1.807) is 4.90 Å². The van der Waals surface area contributed by atoms with Gasteiger partial charge in [-0.3, -0.25) is 9.59 Å². The third kappa shape index (κ3) is 3.68. The van der Waals surface area contributed by atoms with Crippen molar-refractivity contribution in [2.75, 3.05) is 49.6 Å². The van der Waals surface area contributed by atoms with E-state index in [1.807, 2.05) is 25.2 Å². The van der Waals surface area contributed by atoms with E-state index in [2.05, 4.69) is 15.1 Å². The van der Waals surface area contributed by atoms with Crippen LogP contribution in [0.2, 0.25) is 0 Å². The summed E-state index contributed by atoms with van der Waals surface area (Å²) < 4.78 is 0. The van der Waals surface area contributed by atoms with Gasteiger partial charge in [0.15, 0.2) is 0 Å². The third-order valence-corrected chi connectivity index (χ3v) is 6.16. The largest absolute Gasteiger partial charge is 0.358 e. The van der Waals surface area contributed by atoms with Gasteiger partial charge >= 0.3 is 0 Å². The van der Waals surface area contributed by atoms with Gasteiger partial charge in [0.25, 0.3) is 5.91 Å². The van der Waals surface area contributed by atoms with Gasteiger partial charge in [-0.2, -0.15) is 0 Å². The maximum absolute atomic E-state index is 12.7. The first kappa shape index (κ1) is 18.3. The minimum atomic E-state index is -0.0548. The SMILES string of the molecule is CN1C(=O)[C@@H]2CCCCN2c2ccc(C(=O)NCCCN3CCCC3)cc21. The lowest BCUT2D eigenvalue weighted by Crippen LogP contribution is -2.54. The monoisotopic (exact) mass is 370 g/mol. The molecule has 1 aromatic carbocycles. The fourth-order valence-electron chi connectivity index (χ4n) is 4.61. The summed E-state index contributed by atoms with van der Waals surface area (Å²) in [4.78, 5) is 31.7. The number of rotatable bonds is 5. The number of anilines is 2. The Morgan fingerprint density at radius 1 is 1.11 bits per heavy atom. The number of benzene rings is 1. The van der Waals surface area contributed by atoms with E-state index in [0.29, 0.717) is 12.1 Å². The Kier molecular flexibility index (Phi) is 5.34. The van der Waals surface area contributed by atoms with Crippen LogP contribution in [-0.2, 0) is 4.79 Å². The molecule has 0 aliphatic carbocycles. The zero-order chi connectivity index (χ0) is 18.8. The number of fused-ring (bicyclic) bond motifs is 3. The Morgan fingerprint density at radius 3 is 2.70 bits per heavy atom. The molecule has 0 unspecified atom stereocenters. The summed E-state index contributed by atoms with van der Waals surface area (Å²) in [7, 11) is 1.82. The van der Waals surface area contributed by atoms with Gasteiger partial charge in [-0.1, -0.05) is 0 Å². The molecule has 0 bridgehead atoms. The van der Waals surface area contributed by atoms with E-state index in [1.165, 1.54) is 25.9 Å². The number of carbonyl (C=O) groups excluding carboxylic acids is 2. The van der Waals surface area contributed by atoms with E-state index < -0.39 is 0 Å². The minimum absolute atomic E-state index is 0.0403. The normalized spacial score (nSPS) is 22.6. The molecule has 0 saturated carbocycles. The van der Waals surface area contributed by atoms with E-state index in [-0.39, 0.29) is 17.9 Å². The number of likely N-dealkylation sites (tertiary alicyclic amines) is 1. The lowest BCUT2D eigenvalue weighted by Gasteiger charge is -2.44. The molecule has 2 fully saturated rings. The third-order valence-electron chi connectivity index (χ3n) is 6.16. The van der Waals surface area contributed by atoms with Crippen molar-refractivity contribution in [3.63, 3.8) is 0 Å². The molecule has 146 valence electrons. The van der Waals surface area contributed by atoms with Gasteiger partial charge in [0.1, 0.15) is 6.04 Å². The van der Waals surface area contributed by atoms with Crippen LogP contribution in [0.1, 0.15) is 48.9 Å². The number of amides is 2. The van der Waals surface area contributed by atoms with Crippen LogP contribution in [0.4, 0.5) is 11.4 Å². The first-order valence-electron chi connectivity index (χ1n) is 10.3. The van der Waals surface area contributed by atoms with Gasteiger partial charge < -0.3 is 20.0 Å². The number of carbonyl (C=O) groups is 2. The molecule has 27 heavy (non-hydrogen) atoms. The highest BCUT2D eigenvalue weighted by Gasteiger charge is 2.37. The van der Waals surface area contributed by atoms with Crippen molar-refractivity contribution in [1.82, 2.24) is 10.2 Å². The first-order chi connectivity index (χ1) is 13.1. The van der Waals surface area contributed by atoms with Crippen molar-refractivity contribution in [3.05, 3.63) is 23.8 Å². The average molecular weight is 370 g/mol. The molecule has 0 aromatic heterocycles. The van der Waals surface area contributed by atoms with Crippen molar-refractivity contribution >= 4 is 23.2 Å². The summed E-state index contributed by atoms with van der Waals surface area (Å²) >= 11 is 0. The smallest absolute Gasteiger partial charge is 0.251 e. The van der Waals surface area contributed by atoms with Gasteiger partial charge in [-0.05, 0) is 76.4 Å². The Morgan fingerprint density at radius 2 is 1.89 bits per heavy atom. The predicted molar refractivity (Wildman–Crippen MR) is 107 cm³/mol. The standard InChI is InChI=1S/C21H30N4O2/c1-23-19-15-16(20(26)22-10-6-13-24-11-4-5-12-24)8-9-17(19)25-14-3-2-7-18(25)21(23)27/h8-9,15,18H,2-7,10-14H2,1H3,(H,22,26)/t18-/m0/s1. The molecule has 0 radical (unpaired) electrons. The van der Waals surface area contributed by atoms with Gasteiger partial charge in [0.05, 0.1) is 11.4 Å². The van der Waals surface area contributed by atoms with E-state index in [4.69, 9.17) is 0 Å². The second kappa shape index (κ2) is 7.89. The van der Waals surface area contributed by atoms with Crippen LogP contribution in [0.3, 0.4) is 0 Å². The summed E-state index contributed by atoms with van der Waals surface area (Å²) in [5.74, 6) is 0.0891. The maximum Gasteiger partial charge on any atom is 0.251 e. The second-order valence-corrected chi connectivity index (χ2v) is 7.96. The quantitative estimate of drug-likeness (QED) is 0.808. The van der Waals surface area contributed by atoms with Crippen LogP contribution in [0.5, 0.6) is 0 Å². The zero-order valence-corrected chi connectivity index (χ0v) is 16.2. The van der Waals surface area contributed by atoms with Crippen LogP contribution in [0.25, 0.3) is 0 Å². The van der Waals surface area contributed by atoms with Crippen molar-refractivity contribution in [1.29, 1.82) is 0 Å². The van der Waals surface area contributed by atoms with Crippen molar-refractivity contribution in [3.8, 4) is 0 Å². The van der Waals surface area contributed by atoms with Crippen LogP contribution in [0, 0.1) is 0 Å². The predicted octanol–water partition coefficient (Wildman–Crippen LogP) is 2.24. The van der Waals surface area contributed by atoms with Crippen LogP contribution in [0.15, 0.2) is 18.2 Å². The molecule has 1 N–H and O–H groups in total. The highest BCUT2D eigenvalue weighted by Crippen LogP contribution is 2.39. The molecule has 2 amide bonds. The Bertz CT molecular complexity index is 714. The molecular weight excluding hydrogens is 340 g/mol. The number of nitrogens with zero attached hydrogens (tertiary/aromatic N) is 3. The molecule has 3 aliphatic rings. The number of hydrogen-bond acceptors (Lipinski definition) is 4. The fourth-order valence-corrected chi connectivity index (χ4v) is 4.61. The lowest BCUT2D eigenvalue weighted by molar-refractivity contribution is -0.120. The molecule has 3 aliphatic heterocycles. The number of piperidine rings is 1. The summed E-state index contributed by atoms with van der Waals surface area (Å²) in [6, 6.07) is 5.73. The number of hydrogen-bond donors (Lipinski definition) is 1. The number of likely N-dealkylation sites (N-methyl/N-ethyl adjacent to an activating group) is 1. The van der Waals surface area contributed by atoms with Crippen LogP contribution < -0.4 is 15.1 Å². The molecule has 6 nitrogen and oxygen atoms in total. The second-order valence-electron chi connectivity index (χ2n) is 7.96. The van der Waals surface area contributed by atoms with Crippen molar-refractivity contribution in [2.45, 2.75) is 44.6 Å². The number of nitrogens with one attached hydrogen (secondary N) is 1. The summed E-state index contributed by atoms with van der Waals surface area (Å²) in [6.45, 7) is 5.04. The zero-order valence-electron chi connectivity index (χ0n) is 16.2. The topological polar surface area (TPSA) is 55.9 Å². The fraction of sp³-hybridized carbons (Fsp3) is 0.619. The maximum atomic E-state index is 12.7. The summed E-state index contributed by atoms with van der Waals surface area (Å²) in [6.07, 6.45) is 6.71. The van der Waals surface area contributed by atoms with Gasteiger partial charge in [-0.25, -0.2) is 0 Å². The van der Waals surface area contributed by atoms with Crippen LogP contribution in [-0.4, -0.2) is 62.5 Å². The van der Waals surface area contributed by atoms with Crippen LogP contribution >= 0.6 is 0 Å². The van der Waals surface area contributed by atoms with Crippen molar-refractivity contribution < 1.29 is 9.59 Å². The molecule has 4 rings (SSSR count). The van der Waals surface area contributed by atoms with E-state index in [9.17, 15) is 9.59 Å². The van der Waals surface area contributed by atoms with Gasteiger partial charge in [0.2, 0.25) is 5.91 Å². The molecule has 1 aromatic rings. The Balaban J connectivity index is 1.41. The lowest BCUT2D eigenvalue weighted by atomic mass is 9.96. The van der Waals surface area contributed by atoms with Gasteiger partial charge in [0, 0.05) is 25.7 Å². The minimum Gasteiger partial charge on any atom is -0.358 e. The van der Waals surface area contributed by atoms with E-state index >= 15 is 0 Å². The first-order valence-corrected chi connectivity index (χ1v) is 10.3.